The number of rotatable bonds is 5. The van der Waals surface area contributed by atoms with Crippen LogP contribution in [0.15, 0.2) is 0 Å². The van der Waals surface area contributed by atoms with E-state index in [4.69, 9.17) is 4.74 Å². The van der Waals surface area contributed by atoms with Gasteiger partial charge in [0.15, 0.2) is 0 Å². The van der Waals surface area contributed by atoms with Gasteiger partial charge in [-0.15, -0.1) is 11.3 Å². The van der Waals surface area contributed by atoms with Crippen molar-refractivity contribution >= 4 is 28.2 Å². The molecule has 2 bridgehead atoms. The Kier molecular flexibility index (Phi) is 4.85. The van der Waals surface area contributed by atoms with Gasteiger partial charge >= 0.3 is 5.97 Å². The Balaban J connectivity index is 1.56. The molecular weight excluding hydrogens is 334 g/mol. The fourth-order valence-electron chi connectivity index (χ4n) is 4.91. The van der Waals surface area contributed by atoms with Crippen LogP contribution in [0.5, 0.6) is 0 Å². The van der Waals surface area contributed by atoms with Gasteiger partial charge in [-0.05, 0) is 68.8 Å². The molecule has 0 radical (unpaired) electrons. The van der Waals surface area contributed by atoms with Crippen molar-refractivity contribution in [2.24, 2.45) is 17.8 Å². The lowest BCUT2D eigenvalue weighted by molar-refractivity contribution is -0.121. The molecule has 3 aliphatic carbocycles. The van der Waals surface area contributed by atoms with Crippen molar-refractivity contribution in [2.45, 2.75) is 64.7 Å². The zero-order chi connectivity index (χ0) is 17.4. The van der Waals surface area contributed by atoms with E-state index in [1.54, 1.807) is 11.3 Å². The number of fused-ring (bicyclic) bond motifs is 3. The summed E-state index contributed by atoms with van der Waals surface area (Å²) in [5, 5.41) is 3.87. The topological polar surface area (TPSA) is 55.4 Å². The summed E-state index contributed by atoms with van der Waals surface area (Å²) in [5.41, 5.74) is 1.77. The number of ether oxygens (including phenoxy) is 1. The van der Waals surface area contributed by atoms with E-state index in [1.165, 1.54) is 24.1 Å². The van der Waals surface area contributed by atoms with E-state index >= 15 is 0 Å². The first-order valence-electron chi connectivity index (χ1n) is 9.80. The summed E-state index contributed by atoms with van der Waals surface area (Å²) < 4.78 is 5.42. The fourth-order valence-corrected chi connectivity index (χ4v) is 6.19. The van der Waals surface area contributed by atoms with E-state index in [-0.39, 0.29) is 17.8 Å². The summed E-state index contributed by atoms with van der Waals surface area (Å²) in [7, 11) is 0. The molecule has 25 heavy (non-hydrogen) atoms. The van der Waals surface area contributed by atoms with Crippen LogP contribution in [-0.2, 0) is 22.4 Å². The van der Waals surface area contributed by atoms with Crippen LogP contribution < -0.4 is 5.32 Å². The predicted molar refractivity (Wildman–Crippen MR) is 99.1 cm³/mol. The van der Waals surface area contributed by atoms with E-state index in [0.29, 0.717) is 18.1 Å². The number of anilines is 1. The molecule has 136 valence electrons. The minimum atomic E-state index is -0.260. The van der Waals surface area contributed by atoms with Crippen LogP contribution in [0.25, 0.3) is 0 Å². The zero-order valence-electron chi connectivity index (χ0n) is 14.9. The van der Waals surface area contributed by atoms with Crippen molar-refractivity contribution in [3.63, 3.8) is 0 Å². The molecule has 2 saturated carbocycles. The number of carbonyl (C=O) groups excluding carboxylic acids is 2. The first-order valence-corrected chi connectivity index (χ1v) is 10.6. The van der Waals surface area contributed by atoms with Crippen molar-refractivity contribution in [2.75, 3.05) is 11.9 Å². The molecule has 1 heterocycles. The molecule has 5 heteroatoms. The highest BCUT2D eigenvalue weighted by molar-refractivity contribution is 7.17. The van der Waals surface area contributed by atoms with Crippen LogP contribution in [0.4, 0.5) is 5.00 Å². The third kappa shape index (κ3) is 3.23. The summed E-state index contributed by atoms with van der Waals surface area (Å²) >= 11 is 1.60. The summed E-state index contributed by atoms with van der Waals surface area (Å²) in [5.74, 6) is 1.29. The molecule has 1 aromatic rings. The minimum absolute atomic E-state index is 0.121. The summed E-state index contributed by atoms with van der Waals surface area (Å²) in [4.78, 5) is 26.7. The molecule has 4 nitrogen and oxygen atoms in total. The number of nitrogens with one attached hydrogen (secondary N) is 1. The summed E-state index contributed by atoms with van der Waals surface area (Å²) in [6.07, 6.45) is 9.73. The van der Waals surface area contributed by atoms with Crippen LogP contribution in [0, 0.1) is 17.8 Å². The summed E-state index contributed by atoms with van der Waals surface area (Å²) in [6, 6.07) is 0. The van der Waals surface area contributed by atoms with E-state index in [1.807, 2.05) is 6.92 Å². The highest BCUT2D eigenvalue weighted by Gasteiger charge is 2.43. The first-order chi connectivity index (χ1) is 12.2. The van der Waals surface area contributed by atoms with Gasteiger partial charge in [-0.25, -0.2) is 4.79 Å². The van der Waals surface area contributed by atoms with Crippen LogP contribution in [-0.4, -0.2) is 18.5 Å². The molecule has 3 unspecified atom stereocenters. The predicted octanol–water partition coefficient (Wildman–Crippen LogP) is 4.57. The standard InChI is InChI=1S/C20H27NO3S/c1-2-9-24-20(23)17-14-5-3-4-6-16(14)25-19(17)21-18(22)15-11-12-7-8-13(15)10-12/h12-13,15H,2-11H2,1H3,(H,21,22). The van der Waals surface area contributed by atoms with Crippen molar-refractivity contribution in [3.05, 3.63) is 16.0 Å². The van der Waals surface area contributed by atoms with E-state index in [0.717, 1.165) is 55.0 Å². The molecular formula is C20H27NO3S. The average Bonchev–Trinajstić information content (AvgIpc) is 3.32. The highest BCUT2D eigenvalue weighted by Crippen LogP contribution is 2.49. The zero-order valence-corrected chi connectivity index (χ0v) is 15.8. The molecule has 3 aliphatic rings. The first kappa shape index (κ1) is 17.1. The monoisotopic (exact) mass is 361 g/mol. The van der Waals surface area contributed by atoms with Gasteiger partial charge in [0.2, 0.25) is 5.91 Å². The number of carbonyl (C=O) groups is 2. The Hall–Kier alpha value is -1.36. The quantitative estimate of drug-likeness (QED) is 0.782. The third-order valence-electron chi connectivity index (χ3n) is 6.12. The normalized spacial score (nSPS) is 27.2. The highest BCUT2D eigenvalue weighted by atomic mass is 32.1. The lowest BCUT2D eigenvalue weighted by atomic mass is 9.88. The summed E-state index contributed by atoms with van der Waals surface area (Å²) in [6.45, 7) is 2.43. The van der Waals surface area contributed by atoms with Gasteiger partial charge in [0.05, 0.1) is 12.2 Å². The molecule has 2 fully saturated rings. The van der Waals surface area contributed by atoms with Crippen molar-refractivity contribution in [3.8, 4) is 0 Å². The molecule has 1 amide bonds. The minimum Gasteiger partial charge on any atom is -0.462 e. The van der Waals surface area contributed by atoms with Crippen molar-refractivity contribution in [1.82, 2.24) is 0 Å². The molecule has 3 atom stereocenters. The van der Waals surface area contributed by atoms with E-state index in [9.17, 15) is 9.59 Å². The van der Waals surface area contributed by atoms with Gasteiger partial charge < -0.3 is 10.1 Å². The van der Waals surface area contributed by atoms with Gasteiger partial charge in [0.1, 0.15) is 5.00 Å². The van der Waals surface area contributed by atoms with Gasteiger partial charge in [-0.2, -0.15) is 0 Å². The van der Waals surface area contributed by atoms with Gasteiger partial charge in [-0.3, -0.25) is 4.79 Å². The second-order valence-electron chi connectivity index (χ2n) is 7.82. The van der Waals surface area contributed by atoms with Gasteiger partial charge in [-0.1, -0.05) is 13.3 Å². The van der Waals surface area contributed by atoms with Crippen molar-refractivity contribution in [1.29, 1.82) is 0 Å². The van der Waals surface area contributed by atoms with Crippen LogP contribution >= 0.6 is 11.3 Å². The van der Waals surface area contributed by atoms with E-state index in [2.05, 4.69) is 5.32 Å². The molecule has 4 rings (SSSR count). The molecule has 0 aromatic carbocycles. The smallest absolute Gasteiger partial charge is 0.341 e. The third-order valence-corrected chi connectivity index (χ3v) is 7.33. The Morgan fingerprint density at radius 2 is 2.04 bits per heavy atom. The lowest BCUT2D eigenvalue weighted by Crippen LogP contribution is -2.27. The van der Waals surface area contributed by atoms with Crippen LogP contribution in [0.1, 0.15) is 72.7 Å². The number of thiophene rings is 1. The van der Waals surface area contributed by atoms with Gasteiger partial charge in [0, 0.05) is 10.8 Å². The molecule has 1 N–H and O–H groups in total. The maximum absolute atomic E-state index is 12.8. The molecule has 0 saturated heterocycles. The second-order valence-corrected chi connectivity index (χ2v) is 8.93. The Morgan fingerprint density at radius 1 is 1.20 bits per heavy atom. The maximum Gasteiger partial charge on any atom is 0.341 e. The maximum atomic E-state index is 12.8. The van der Waals surface area contributed by atoms with Crippen LogP contribution in [0.2, 0.25) is 0 Å². The average molecular weight is 362 g/mol. The number of amides is 1. The Morgan fingerprint density at radius 3 is 2.76 bits per heavy atom. The molecule has 0 spiro atoms. The van der Waals surface area contributed by atoms with Crippen LogP contribution in [0.3, 0.4) is 0 Å². The number of aryl methyl sites for hydroxylation is 1. The Labute approximate surface area is 153 Å². The fraction of sp³-hybridized carbons (Fsp3) is 0.700. The second kappa shape index (κ2) is 7.10. The lowest BCUT2D eigenvalue weighted by Gasteiger charge is -2.20. The molecule has 0 aliphatic heterocycles. The largest absolute Gasteiger partial charge is 0.462 e. The van der Waals surface area contributed by atoms with E-state index < -0.39 is 0 Å². The Bertz CT molecular complexity index is 681. The number of esters is 1. The number of hydrogen-bond acceptors (Lipinski definition) is 4. The molecule has 1 aromatic heterocycles. The SMILES string of the molecule is CCCOC(=O)c1c(NC(=O)C2CC3CCC2C3)sc2c1CCCC2. The van der Waals surface area contributed by atoms with Crippen molar-refractivity contribution < 1.29 is 14.3 Å². The number of hydrogen-bond donors (Lipinski definition) is 1. The van der Waals surface area contributed by atoms with Gasteiger partial charge in [0.25, 0.3) is 0 Å².